The molecule has 1 heterocycles. The van der Waals surface area contributed by atoms with Crippen LogP contribution in [0.15, 0.2) is 36.4 Å². The van der Waals surface area contributed by atoms with Crippen molar-refractivity contribution in [3.05, 3.63) is 42.1 Å². The van der Waals surface area contributed by atoms with Crippen molar-refractivity contribution >= 4 is 22.8 Å². The summed E-state index contributed by atoms with van der Waals surface area (Å²) in [6.45, 7) is 0. The van der Waals surface area contributed by atoms with Gasteiger partial charge in [-0.15, -0.1) is 0 Å². The molecule has 0 unspecified atom stereocenters. The first-order valence-electron chi connectivity index (χ1n) is 7.77. The molecule has 6 nitrogen and oxygen atoms in total. The molecule has 0 saturated carbocycles. The molecule has 2 aromatic rings. The zero-order valence-corrected chi connectivity index (χ0v) is 13.5. The van der Waals surface area contributed by atoms with Crippen LogP contribution >= 0.6 is 0 Å². The molecule has 1 N–H and O–H groups in total. The van der Waals surface area contributed by atoms with Crippen molar-refractivity contribution < 1.29 is 14.3 Å². The van der Waals surface area contributed by atoms with Crippen LogP contribution in [0.2, 0.25) is 0 Å². The van der Waals surface area contributed by atoms with Gasteiger partial charge in [0.15, 0.2) is 0 Å². The number of nitriles is 1. The van der Waals surface area contributed by atoms with E-state index in [-0.39, 0.29) is 5.69 Å². The van der Waals surface area contributed by atoms with Crippen LogP contribution in [0.25, 0.3) is 10.9 Å². The normalized spacial score (nSPS) is 11.5. The highest BCUT2D eigenvalue weighted by Crippen LogP contribution is 2.12. The van der Waals surface area contributed by atoms with Crippen LogP contribution in [0.4, 0.5) is 0 Å². The second-order valence-electron chi connectivity index (χ2n) is 5.34. The van der Waals surface area contributed by atoms with Gasteiger partial charge in [-0.1, -0.05) is 24.3 Å². The lowest BCUT2D eigenvalue weighted by molar-refractivity contribution is -0.143. The van der Waals surface area contributed by atoms with Crippen molar-refractivity contribution in [3.8, 4) is 6.07 Å². The number of fused-ring (bicyclic) bond motifs is 1. The summed E-state index contributed by atoms with van der Waals surface area (Å²) in [5, 5.41) is 12.2. The molecule has 0 saturated heterocycles. The van der Waals surface area contributed by atoms with E-state index in [4.69, 9.17) is 10.00 Å². The number of amides is 1. The fourth-order valence-corrected chi connectivity index (χ4v) is 2.37. The molecule has 1 amide bonds. The zero-order chi connectivity index (χ0) is 17.4. The molecule has 1 aromatic carbocycles. The van der Waals surface area contributed by atoms with Crippen molar-refractivity contribution in [1.29, 1.82) is 5.26 Å². The van der Waals surface area contributed by atoms with Crippen molar-refractivity contribution in [3.63, 3.8) is 0 Å². The van der Waals surface area contributed by atoms with Gasteiger partial charge >= 0.3 is 5.97 Å². The average Bonchev–Trinajstić information content (AvgIpc) is 2.63. The molecule has 1 aromatic heterocycles. The number of methoxy groups -OCH3 is 1. The predicted molar refractivity (Wildman–Crippen MR) is 89.1 cm³/mol. The zero-order valence-electron chi connectivity index (χ0n) is 13.5. The molecular formula is C18H19N3O3. The number of benzene rings is 1. The Kier molecular flexibility index (Phi) is 6.26. The van der Waals surface area contributed by atoms with Crippen molar-refractivity contribution in [2.24, 2.45) is 0 Å². The highest BCUT2D eigenvalue weighted by Gasteiger charge is 2.22. The van der Waals surface area contributed by atoms with Crippen LogP contribution < -0.4 is 5.32 Å². The molecule has 0 bridgehead atoms. The summed E-state index contributed by atoms with van der Waals surface area (Å²) in [5.74, 6) is -0.919. The summed E-state index contributed by atoms with van der Waals surface area (Å²) < 4.78 is 4.74. The van der Waals surface area contributed by atoms with Crippen LogP contribution in [0.3, 0.4) is 0 Å². The van der Waals surface area contributed by atoms with Crippen LogP contribution in [0.1, 0.15) is 36.2 Å². The van der Waals surface area contributed by atoms with Gasteiger partial charge in [0.1, 0.15) is 11.7 Å². The molecule has 24 heavy (non-hydrogen) atoms. The van der Waals surface area contributed by atoms with Gasteiger partial charge in [-0.25, -0.2) is 9.78 Å². The van der Waals surface area contributed by atoms with Gasteiger partial charge in [-0.05, 0) is 31.4 Å². The number of nitrogens with zero attached hydrogens (tertiary/aromatic N) is 2. The number of hydrogen-bond acceptors (Lipinski definition) is 5. The Morgan fingerprint density at radius 1 is 1.25 bits per heavy atom. The quantitative estimate of drug-likeness (QED) is 0.624. The second kappa shape index (κ2) is 8.63. The van der Waals surface area contributed by atoms with E-state index in [2.05, 4.69) is 16.4 Å². The lowest BCUT2D eigenvalue weighted by Gasteiger charge is -2.16. The molecule has 0 aliphatic rings. The van der Waals surface area contributed by atoms with Crippen molar-refractivity contribution in [2.45, 2.75) is 31.7 Å². The number of pyridine rings is 1. The Labute approximate surface area is 140 Å². The molecule has 0 radical (unpaired) electrons. The number of carbonyl (C=O) groups excluding carboxylic acids is 2. The number of ether oxygens (including phenoxy) is 1. The summed E-state index contributed by atoms with van der Waals surface area (Å²) in [6, 6.07) is 12.2. The van der Waals surface area contributed by atoms with Gasteiger partial charge in [0.2, 0.25) is 0 Å². The number of nitrogens with one attached hydrogen (secondary N) is 1. The maximum Gasteiger partial charge on any atom is 0.328 e. The van der Waals surface area contributed by atoms with E-state index in [0.717, 1.165) is 5.39 Å². The molecular weight excluding hydrogens is 306 g/mol. The molecule has 0 spiro atoms. The summed E-state index contributed by atoms with van der Waals surface area (Å²) >= 11 is 0. The van der Waals surface area contributed by atoms with E-state index in [1.807, 2.05) is 30.3 Å². The Morgan fingerprint density at radius 2 is 2.04 bits per heavy atom. The Hall–Kier alpha value is -2.94. The van der Waals surface area contributed by atoms with E-state index in [1.54, 1.807) is 6.07 Å². The summed E-state index contributed by atoms with van der Waals surface area (Å²) in [4.78, 5) is 28.5. The van der Waals surface area contributed by atoms with Gasteiger partial charge in [-0.2, -0.15) is 5.26 Å². The monoisotopic (exact) mass is 325 g/mol. The number of unbranched alkanes of at least 4 members (excludes halogenated alkanes) is 2. The fraction of sp³-hybridized carbons (Fsp3) is 0.333. The lowest BCUT2D eigenvalue weighted by Crippen LogP contribution is -2.41. The summed E-state index contributed by atoms with van der Waals surface area (Å²) in [6.07, 6.45) is 2.18. The van der Waals surface area contributed by atoms with Gasteiger partial charge in [0.05, 0.1) is 18.7 Å². The molecule has 6 heteroatoms. The second-order valence-corrected chi connectivity index (χ2v) is 5.34. The Balaban J connectivity index is 2.07. The van der Waals surface area contributed by atoms with Gasteiger partial charge in [-0.3, -0.25) is 4.79 Å². The van der Waals surface area contributed by atoms with Gasteiger partial charge in [0, 0.05) is 11.8 Å². The van der Waals surface area contributed by atoms with Crippen LogP contribution in [-0.4, -0.2) is 30.0 Å². The van der Waals surface area contributed by atoms with Crippen LogP contribution in [0.5, 0.6) is 0 Å². The van der Waals surface area contributed by atoms with E-state index < -0.39 is 17.9 Å². The summed E-state index contributed by atoms with van der Waals surface area (Å²) in [7, 11) is 1.28. The maximum atomic E-state index is 12.4. The number of esters is 1. The third-order valence-electron chi connectivity index (χ3n) is 3.65. The molecule has 1 atom stereocenters. The lowest BCUT2D eigenvalue weighted by atomic mass is 10.1. The average molecular weight is 325 g/mol. The highest BCUT2D eigenvalue weighted by molar-refractivity contribution is 5.97. The number of rotatable bonds is 7. The van der Waals surface area contributed by atoms with Crippen molar-refractivity contribution in [1.82, 2.24) is 10.3 Å². The Morgan fingerprint density at radius 3 is 2.79 bits per heavy atom. The first-order chi connectivity index (χ1) is 11.7. The molecule has 0 fully saturated rings. The number of aromatic nitrogens is 1. The predicted octanol–water partition coefficient (Wildman–Crippen LogP) is 2.59. The third kappa shape index (κ3) is 4.53. The van der Waals surface area contributed by atoms with Gasteiger partial charge in [0.25, 0.3) is 5.91 Å². The van der Waals surface area contributed by atoms with Crippen LogP contribution in [-0.2, 0) is 9.53 Å². The Bertz CT molecular complexity index is 767. The first kappa shape index (κ1) is 17.4. The van der Waals surface area contributed by atoms with Crippen LogP contribution in [0, 0.1) is 11.3 Å². The molecule has 124 valence electrons. The number of para-hydroxylation sites is 1. The van der Waals surface area contributed by atoms with Gasteiger partial charge < -0.3 is 10.1 Å². The molecule has 2 rings (SSSR count). The number of carbonyl (C=O) groups is 2. The minimum Gasteiger partial charge on any atom is -0.467 e. The van der Waals surface area contributed by atoms with E-state index in [9.17, 15) is 9.59 Å². The van der Waals surface area contributed by atoms with Crippen molar-refractivity contribution in [2.75, 3.05) is 7.11 Å². The standard InChI is InChI=1S/C18H19N3O3/c1-24-18(23)16(9-3-2-6-12-19)21-17(22)15-11-10-13-7-4-5-8-14(13)20-15/h4-5,7-8,10-11,16H,2-3,6,9H2,1H3,(H,21,22)/t16-/m0/s1. The largest absolute Gasteiger partial charge is 0.467 e. The topological polar surface area (TPSA) is 92.1 Å². The molecule has 0 aliphatic heterocycles. The number of hydrogen-bond donors (Lipinski definition) is 1. The van der Waals surface area contributed by atoms with E-state index in [0.29, 0.717) is 31.2 Å². The first-order valence-corrected chi connectivity index (χ1v) is 7.77. The highest BCUT2D eigenvalue weighted by atomic mass is 16.5. The summed E-state index contributed by atoms with van der Waals surface area (Å²) in [5.41, 5.74) is 0.966. The SMILES string of the molecule is COC(=O)[C@H](CCCCC#N)NC(=O)c1ccc2ccccc2n1. The molecule has 0 aliphatic carbocycles. The minimum atomic E-state index is -0.741. The third-order valence-corrected chi connectivity index (χ3v) is 3.65. The van der Waals surface area contributed by atoms with E-state index >= 15 is 0 Å². The smallest absolute Gasteiger partial charge is 0.328 e. The van der Waals surface area contributed by atoms with E-state index in [1.165, 1.54) is 7.11 Å². The maximum absolute atomic E-state index is 12.4. The fourth-order valence-electron chi connectivity index (χ4n) is 2.37. The minimum absolute atomic E-state index is 0.250.